The minimum absolute atomic E-state index is 0.0788. The molecule has 44 heavy (non-hydrogen) atoms. The molecular formula is C38H42Cl2N2O2. The molecule has 230 valence electrons. The van der Waals surface area contributed by atoms with Crippen LogP contribution in [0.15, 0.2) is 48.5 Å². The summed E-state index contributed by atoms with van der Waals surface area (Å²) in [5, 5.41) is 1.20. The van der Waals surface area contributed by atoms with Crippen LogP contribution in [0.25, 0.3) is 0 Å². The van der Waals surface area contributed by atoms with Crippen molar-refractivity contribution >= 4 is 34.6 Å². The van der Waals surface area contributed by atoms with Gasteiger partial charge in [0.1, 0.15) is 0 Å². The van der Waals surface area contributed by atoms with Gasteiger partial charge in [0, 0.05) is 33.3 Å². The molecule has 8 fully saturated rings. The molecule has 4 nitrogen and oxygen atoms in total. The van der Waals surface area contributed by atoms with Crippen LogP contribution in [0.3, 0.4) is 0 Å². The Balaban J connectivity index is 1.28. The standard InChI is InChI=1S/C38H42Cl2N2O2/c39-27-1-5-31(41)33(13-27)43-35-29(37-15-21-7-22(16-37)9-23(8-21)17-37)3-4-30(36(35)44-34-14-28(40)2-6-32(34)42)38-18-24-10-25(19-38)12-26(11-24)20-38/h1-6,13-14,21-26H,7-12,15-20,41-42H2. The maximum absolute atomic E-state index is 7.08. The van der Waals surface area contributed by atoms with E-state index >= 15 is 0 Å². The fraction of sp³-hybridized carbons (Fsp3) is 0.526. The van der Waals surface area contributed by atoms with Crippen LogP contribution >= 0.6 is 23.2 Å². The molecule has 8 aliphatic carbocycles. The van der Waals surface area contributed by atoms with E-state index in [4.69, 9.17) is 44.1 Å². The summed E-state index contributed by atoms with van der Waals surface area (Å²) in [6.45, 7) is 0. The first-order valence-corrected chi connectivity index (χ1v) is 17.6. The second-order valence-corrected chi connectivity index (χ2v) is 16.7. The van der Waals surface area contributed by atoms with Crippen molar-refractivity contribution in [2.75, 3.05) is 11.5 Å². The van der Waals surface area contributed by atoms with Crippen LogP contribution in [0.5, 0.6) is 23.0 Å². The van der Waals surface area contributed by atoms with Crippen molar-refractivity contribution in [3.63, 3.8) is 0 Å². The lowest BCUT2D eigenvalue weighted by Crippen LogP contribution is -2.49. The molecule has 0 heterocycles. The van der Waals surface area contributed by atoms with Crippen LogP contribution in [0.4, 0.5) is 11.4 Å². The zero-order valence-electron chi connectivity index (χ0n) is 25.3. The highest BCUT2D eigenvalue weighted by molar-refractivity contribution is 6.31. The molecular weight excluding hydrogens is 587 g/mol. The molecule has 3 aromatic carbocycles. The molecule has 0 saturated heterocycles. The maximum Gasteiger partial charge on any atom is 0.174 e. The molecule has 6 heteroatoms. The Kier molecular flexibility index (Phi) is 6.28. The first kappa shape index (κ1) is 27.7. The molecule has 0 unspecified atom stereocenters. The van der Waals surface area contributed by atoms with Gasteiger partial charge in [-0.15, -0.1) is 0 Å². The predicted molar refractivity (Wildman–Crippen MR) is 178 cm³/mol. The highest BCUT2D eigenvalue weighted by Crippen LogP contribution is 2.66. The fourth-order valence-electron chi connectivity index (χ4n) is 11.9. The zero-order chi connectivity index (χ0) is 29.8. The van der Waals surface area contributed by atoms with Gasteiger partial charge in [0.05, 0.1) is 11.4 Å². The van der Waals surface area contributed by atoms with Crippen LogP contribution < -0.4 is 20.9 Å². The van der Waals surface area contributed by atoms with Gasteiger partial charge in [0.25, 0.3) is 0 Å². The largest absolute Gasteiger partial charge is 0.451 e. The van der Waals surface area contributed by atoms with Gasteiger partial charge in [-0.2, -0.15) is 0 Å². The third-order valence-electron chi connectivity index (χ3n) is 12.7. The van der Waals surface area contributed by atoms with Gasteiger partial charge in [-0.3, -0.25) is 0 Å². The number of hydrogen-bond acceptors (Lipinski definition) is 4. The monoisotopic (exact) mass is 628 g/mol. The van der Waals surface area contributed by atoms with Gasteiger partial charge in [-0.05, 0) is 148 Å². The molecule has 0 amide bonds. The highest BCUT2D eigenvalue weighted by atomic mass is 35.5. The quantitative estimate of drug-likeness (QED) is 0.266. The number of halogens is 2. The van der Waals surface area contributed by atoms with Gasteiger partial charge >= 0.3 is 0 Å². The summed E-state index contributed by atoms with van der Waals surface area (Å²) in [5.74, 6) is 7.54. The van der Waals surface area contributed by atoms with Crippen molar-refractivity contribution < 1.29 is 9.47 Å². The number of benzene rings is 3. The predicted octanol–water partition coefficient (Wildman–Crippen LogP) is 10.7. The van der Waals surface area contributed by atoms with E-state index in [1.54, 1.807) is 0 Å². The minimum Gasteiger partial charge on any atom is -0.451 e. The highest BCUT2D eigenvalue weighted by Gasteiger charge is 2.55. The molecule has 11 rings (SSSR count). The summed E-state index contributed by atoms with van der Waals surface area (Å²) >= 11 is 13.1. The molecule has 0 atom stereocenters. The Morgan fingerprint density at radius 1 is 0.500 bits per heavy atom. The van der Waals surface area contributed by atoms with E-state index in [0.29, 0.717) is 32.9 Å². The third kappa shape index (κ3) is 4.45. The lowest BCUT2D eigenvalue weighted by Gasteiger charge is -2.58. The number of ether oxygens (including phenoxy) is 2. The van der Waals surface area contributed by atoms with Crippen LogP contribution in [-0.2, 0) is 10.8 Å². The molecule has 3 aromatic rings. The molecule has 0 aliphatic heterocycles. The zero-order valence-corrected chi connectivity index (χ0v) is 26.8. The average Bonchev–Trinajstić information content (AvgIpc) is 2.96. The van der Waals surface area contributed by atoms with Gasteiger partial charge in [0.15, 0.2) is 23.0 Å². The number of anilines is 2. The van der Waals surface area contributed by atoms with E-state index < -0.39 is 0 Å². The smallest absolute Gasteiger partial charge is 0.174 e. The van der Waals surface area contributed by atoms with E-state index in [2.05, 4.69) is 12.1 Å². The van der Waals surface area contributed by atoms with Crippen molar-refractivity contribution in [1.29, 1.82) is 0 Å². The topological polar surface area (TPSA) is 70.5 Å². The number of nitrogens with two attached hydrogens (primary N) is 2. The average molecular weight is 630 g/mol. The Hall–Kier alpha value is -2.56. The Labute approximate surface area is 270 Å². The van der Waals surface area contributed by atoms with Crippen molar-refractivity contribution in [2.24, 2.45) is 35.5 Å². The summed E-state index contributed by atoms with van der Waals surface area (Å²) in [6.07, 6.45) is 15.6. The minimum atomic E-state index is 0.0788. The summed E-state index contributed by atoms with van der Waals surface area (Å²) in [6, 6.07) is 15.9. The fourth-order valence-corrected chi connectivity index (χ4v) is 12.2. The number of hydrogen-bond donors (Lipinski definition) is 2. The summed E-state index contributed by atoms with van der Waals surface area (Å²) in [5.41, 5.74) is 17.0. The van der Waals surface area contributed by atoms with Gasteiger partial charge < -0.3 is 20.9 Å². The third-order valence-corrected chi connectivity index (χ3v) is 13.2. The lowest BCUT2D eigenvalue weighted by atomic mass is 9.47. The van der Waals surface area contributed by atoms with E-state index in [-0.39, 0.29) is 10.8 Å². The van der Waals surface area contributed by atoms with E-state index in [1.165, 1.54) is 88.2 Å². The van der Waals surface area contributed by atoms with Crippen molar-refractivity contribution in [1.82, 2.24) is 0 Å². The SMILES string of the molecule is Nc1ccc(Cl)cc1Oc1c(C23CC4CC(CC(C4)C2)C3)ccc(C23CC4CC(CC(C4)C2)C3)c1Oc1cc(Cl)ccc1N. The van der Waals surface area contributed by atoms with Crippen LogP contribution in [0.1, 0.15) is 88.2 Å². The summed E-state index contributed by atoms with van der Waals surface area (Å²) in [4.78, 5) is 0. The van der Waals surface area contributed by atoms with E-state index in [1.807, 2.05) is 36.4 Å². The number of nitrogen functional groups attached to an aromatic ring is 2. The first-order valence-electron chi connectivity index (χ1n) is 16.9. The Morgan fingerprint density at radius 3 is 1.14 bits per heavy atom. The molecule has 0 aromatic heterocycles. The summed E-state index contributed by atoms with van der Waals surface area (Å²) < 4.78 is 14.2. The summed E-state index contributed by atoms with van der Waals surface area (Å²) in [7, 11) is 0. The van der Waals surface area contributed by atoms with Crippen LogP contribution in [0.2, 0.25) is 10.0 Å². The van der Waals surface area contributed by atoms with E-state index in [0.717, 1.165) is 47.0 Å². The first-order chi connectivity index (χ1) is 21.2. The lowest BCUT2D eigenvalue weighted by molar-refractivity contribution is -0.00832. The molecule has 0 spiro atoms. The number of rotatable bonds is 6. The van der Waals surface area contributed by atoms with Crippen molar-refractivity contribution in [3.8, 4) is 23.0 Å². The normalized spacial score (nSPS) is 36.1. The molecule has 0 radical (unpaired) electrons. The second kappa shape index (κ2) is 9.97. The second-order valence-electron chi connectivity index (χ2n) is 15.8. The molecule has 8 saturated carbocycles. The van der Waals surface area contributed by atoms with Gasteiger partial charge in [-0.25, -0.2) is 0 Å². The Bertz CT molecular complexity index is 1460. The Morgan fingerprint density at radius 2 is 0.818 bits per heavy atom. The molecule has 8 aliphatic rings. The van der Waals surface area contributed by atoms with Crippen LogP contribution in [0, 0.1) is 35.5 Å². The van der Waals surface area contributed by atoms with Crippen LogP contribution in [-0.4, -0.2) is 0 Å². The molecule has 8 bridgehead atoms. The molecule has 4 N–H and O–H groups in total. The van der Waals surface area contributed by atoms with Gasteiger partial charge in [-0.1, -0.05) is 35.3 Å². The maximum atomic E-state index is 7.08. The van der Waals surface area contributed by atoms with Crippen molar-refractivity contribution in [3.05, 3.63) is 69.7 Å². The van der Waals surface area contributed by atoms with E-state index in [9.17, 15) is 0 Å². The van der Waals surface area contributed by atoms with Gasteiger partial charge in [0.2, 0.25) is 0 Å². The van der Waals surface area contributed by atoms with Crippen molar-refractivity contribution in [2.45, 2.75) is 87.9 Å².